The van der Waals surface area contributed by atoms with Gasteiger partial charge in [-0.15, -0.1) is 0 Å². The number of carbonyl (C=O) groups excluding carboxylic acids is 4. The zero-order valence-electron chi connectivity index (χ0n) is 20.9. The number of rotatable bonds is 12. The van der Waals surface area contributed by atoms with Gasteiger partial charge >= 0.3 is 11.9 Å². The molecule has 0 atom stereocenters. The van der Waals surface area contributed by atoms with Crippen LogP contribution in [-0.2, 0) is 23.8 Å². The lowest BCUT2D eigenvalue weighted by Gasteiger charge is -2.07. The van der Waals surface area contributed by atoms with Crippen molar-refractivity contribution in [3.63, 3.8) is 0 Å². The lowest BCUT2D eigenvalue weighted by Crippen LogP contribution is -2.18. The van der Waals surface area contributed by atoms with Gasteiger partial charge in [-0.1, -0.05) is 12.1 Å². The lowest BCUT2D eigenvalue weighted by molar-refractivity contribution is -0.142. The van der Waals surface area contributed by atoms with Crippen LogP contribution in [0.25, 0.3) is 0 Å². The highest BCUT2D eigenvalue weighted by atomic mass is 16.5. The van der Waals surface area contributed by atoms with Gasteiger partial charge < -0.3 is 23.7 Å². The summed E-state index contributed by atoms with van der Waals surface area (Å²) in [4.78, 5) is 54.6. The number of nitrogens with zero attached hydrogens (tertiary/aromatic N) is 2. The maximum Gasteiger partial charge on any atom is 0.345 e. The third kappa shape index (κ3) is 9.92. The van der Waals surface area contributed by atoms with Crippen molar-refractivity contribution in [3.05, 3.63) is 59.6 Å². The minimum Gasteiger partial charge on any atom is -0.500 e. The van der Waals surface area contributed by atoms with E-state index in [2.05, 4.69) is 14.7 Å². The molecular weight excluding hydrogens is 472 g/mol. The van der Waals surface area contributed by atoms with Crippen molar-refractivity contribution in [1.29, 1.82) is 0 Å². The number of aromatic nitrogens is 2. The van der Waals surface area contributed by atoms with E-state index in [0.29, 0.717) is 12.5 Å². The zero-order chi connectivity index (χ0) is 26.9. The minimum atomic E-state index is -0.740. The van der Waals surface area contributed by atoms with Gasteiger partial charge in [-0.25, -0.2) is 14.8 Å². The Morgan fingerprint density at radius 2 is 1.33 bits per heavy atom. The summed E-state index contributed by atoms with van der Waals surface area (Å²) in [5.41, 5.74) is 0.0882. The molecule has 0 fully saturated rings. The highest BCUT2D eigenvalue weighted by molar-refractivity contribution is 6.23. The van der Waals surface area contributed by atoms with Crippen LogP contribution in [-0.4, -0.2) is 67.5 Å². The Balaban J connectivity index is 0.000000369. The molecule has 0 aromatic carbocycles. The fraction of sp³-hybridized carbons (Fsp3) is 0.360. The predicted octanol–water partition coefficient (Wildman–Crippen LogP) is 2.98. The van der Waals surface area contributed by atoms with Crippen LogP contribution in [0.1, 0.15) is 48.2 Å². The van der Waals surface area contributed by atoms with Gasteiger partial charge in [0.2, 0.25) is 17.5 Å². The topological polar surface area (TPSA) is 140 Å². The fourth-order valence-electron chi connectivity index (χ4n) is 2.48. The van der Waals surface area contributed by atoms with Gasteiger partial charge in [0.25, 0.3) is 0 Å². The smallest absolute Gasteiger partial charge is 0.345 e. The van der Waals surface area contributed by atoms with E-state index in [4.69, 9.17) is 18.9 Å². The molecule has 0 aliphatic carbocycles. The average molecular weight is 503 g/mol. The quantitative estimate of drug-likeness (QED) is 0.106. The van der Waals surface area contributed by atoms with Crippen LogP contribution in [0.4, 0.5) is 0 Å². The van der Waals surface area contributed by atoms with E-state index in [9.17, 15) is 19.2 Å². The molecule has 0 amide bonds. The molecule has 0 saturated carbocycles. The van der Waals surface area contributed by atoms with Crippen LogP contribution in [0.2, 0.25) is 0 Å². The number of hydrogen-bond donors (Lipinski definition) is 0. The Kier molecular flexibility index (Phi) is 13.5. The zero-order valence-corrected chi connectivity index (χ0v) is 20.9. The number of ketones is 2. The molecule has 11 heteroatoms. The molecule has 0 radical (unpaired) electrons. The van der Waals surface area contributed by atoms with Gasteiger partial charge in [0.05, 0.1) is 34.0 Å². The molecule has 2 aromatic rings. The summed E-state index contributed by atoms with van der Waals surface area (Å²) in [6.07, 6.45) is 0.801. The maximum atomic E-state index is 12.3. The van der Waals surface area contributed by atoms with Crippen LogP contribution in [0.5, 0.6) is 11.8 Å². The molecule has 0 saturated heterocycles. The summed E-state index contributed by atoms with van der Waals surface area (Å²) in [6, 6.07) is 9.51. The summed E-state index contributed by atoms with van der Waals surface area (Å²) in [5.74, 6) is -1.61. The molecule has 36 heavy (non-hydrogen) atoms. The standard InChI is InChI=1S/C14H17NO5.C11H13NO4/c1-4-19-9-10(14(17)20-5-2)13(16)11-7-6-8-12(15-11)18-3;1-3-16-11(14)7-9(13)8-5-4-6-10(12-8)15-2/h6-9H,4-5H2,1-3H3;4-6H,3,7H2,1-2H3/b10-9-;. The first-order valence-corrected chi connectivity index (χ1v) is 11.1. The van der Waals surface area contributed by atoms with Crippen LogP contribution in [0.3, 0.4) is 0 Å². The first-order valence-electron chi connectivity index (χ1n) is 11.1. The van der Waals surface area contributed by atoms with Gasteiger partial charge in [-0.3, -0.25) is 14.4 Å². The van der Waals surface area contributed by atoms with Crippen molar-refractivity contribution in [2.24, 2.45) is 0 Å². The van der Waals surface area contributed by atoms with Crippen molar-refractivity contribution < 1.29 is 42.9 Å². The second kappa shape index (κ2) is 16.4. The van der Waals surface area contributed by atoms with Crippen molar-refractivity contribution in [1.82, 2.24) is 9.97 Å². The van der Waals surface area contributed by atoms with Gasteiger partial charge in [0.1, 0.15) is 29.6 Å². The number of carbonyl (C=O) groups is 4. The first-order chi connectivity index (χ1) is 17.3. The predicted molar refractivity (Wildman–Crippen MR) is 128 cm³/mol. The Morgan fingerprint density at radius 3 is 1.86 bits per heavy atom. The summed E-state index contributed by atoms with van der Waals surface area (Å²) < 4.78 is 24.3. The second-order valence-electron chi connectivity index (χ2n) is 6.57. The molecule has 194 valence electrons. The van der Waals surface area contributed by atoms with Crippen LogP contribution < -0.4 is 9.47 Å². The minimum absolute atomic E-state index is 0.0864. The Hall–Kier alpha value is -4.28. The molecule has 11 nitrogen and oxygen atoms in total. The van der Waals surface area contributed by atoms with Crippen LogP contribution in [0.15, 0.2) is 48.2 Å². The molecule has 0 aliphatic rings. The molecule has 0 unspecified atom stereocenters. The van der Waals surface area contributed by atoms with E-state index >= 15 is 0 Å². The monoisotopic (exact) mass is 502 g/mol. The van der Waals surface area contributed by atoms with Gasteiger partial charge in [0.15, 0.2) is 5.78 Å². The average Bonchev–Trinajstić information content (AvgIpc) is 2.89. The van der Waals surface area contributed by atoms with Crippen molar-refractivity contribution in [2.45, 2.75) is 27.2 Å². The summed E-state index contributed by atoms with van der Waals surface area (Å²) in [5, 5.41) is 0. The largest absolute Gasteiger partial charge is 0.500 e. The second-order valence-corrected chi connectivity index (χ2v) is 6.57. The van der Waals surface area contributed by atoms with E-state index in [-0.39, 0.29) is 48.3 Å². The van der Waals surface area contributed by atoms with E-state index in [0.717, 1.165) is 6.26 Å². The Labute approximate surface area is 209 Å². The molecule has 2 heterocycles. The Morgan fingerprint density at radius 1 is 0.778 bits per heavy atom. The first kappa shape index (κ1) is 29.8. The van der Waals surface area contributed by atoms with Crippen LogP contribution >= 0.6 is 0 Å². The molecular formula is C25H30N2O9. The summed E-state index contributed by atoms with van der Waals surface area (Å²) >= 11 is 0. The number of methoxy groups -OCH3 is 2. The van der Waals surface area contributed by atoms with Crippen molar-refractivity contribution >= 4 is 23.5 Å². The molecule has 2 rings (SSSR count). The molecule has 0 N–H and O–H groups in total. The lowest BCUT2D eigenvalue weighted by atomic mass is 10.1. The number of hydrogen-bond acceptors (Lipinski definition) is 11. The van der Waals surface area contributed by atoms with Gasteiger partial charge in [-0.05, 0) is 32.9 Å². The normalized spacial score (nSPS) is 10.3. The number of esters is 2. The third-order valence-electron chi connectivity index (χ3n) is 4.10. The van der Waals surface area contributed by atoms with Crippen molar-refractivity contribution in [2.75, 3.05) is 34.0 Å². The maximum absolute atomic E-state index is 12.3. The van der Waals surface area contributed by atoms with Gasteiger partial charge in [0, 0.05) is 12.1 Å². The summed E-state index contributed by atoms with van der Waals surface area (Å²) in [7, 11) is 2.90. The molecule has 0 bridgehead atoms. The number of Topliss-reactive ketones (excluding diaryl/α,β-unsaturated/α-hetero) is 2. The molecule has 2 aromatic heterocycles. The molecule has 0 aliphatic heterocycles. The van der Waals surface area contributed by atoms with E-state index in [1.165, 1.54) is 26.4 Å². The number of ether oxygens (including phenoxy) is 5. The fourth-order valence-corrected chi connectivity index (χ4v) is 2.48. The van der Waals surface area contributed by atoms with Crippen molar-refractivity contribution in [3.8, 4) is 11.8 Å². The summed E-state index contributed by atoms with van der Waals surface area (Å²) in [6.45, 7) is 5.85. The Bertz CT molecular complexity index is 1070. The van der Waals surface area contributed by atoms with E-state index in [1.54, 1.807) is 45.0 Å². The van der Waals surface area contributed by atoms with E-state index < -0.39 is 17.7 Å². The van der Waals surface area contributed by atoms with Gasteiger partial charge in [-0.2, -0.15) is 0 Å². The highest BCUT2D eigenvalue weighted by Gasteiger charge is 2.23. The highest BCUT2D eigenvalue weighted by Crippen LogP contribution is 2.13. The SMILES string of the molecule is CCO/C=C(\C(=O)OCC)C(=O)c1cccc(OC)n1.CCOC(=O)CC(=O)c1cccc(OC)n1. The number of pyridine rings is 2. The van der Waals surface area contributed by atoms with Crippen LogP contribution in [0, 0.1) is 0 Å². The van der Waals surface area contributed by atoms with E-state index in [1.807, 2.05) is 0 Å². The molecule has 0 spiro atoms. The third-order valence-corrected chi connectivity index (χ3v) is 4.10.